The maximum Gasteiger partial charge on any atom is 0.342 e. The van der Waals surface area contributed by atoms with Crippen molar-refractivity contribution >= 4 is 28.9 Å². The van der Waals surface area contributed by atoms with Gasteiger partial charge in [-0.25, -0.2) is 9.31 Å². The summed E-state index contributed by atoms with van der Waals surface area (Å²) in [6.07, 6.45) is 6.18. The second-order valence-electron chi connectivity index (χ2n) is 9.05. The third-order valence-corrected chi connectivity index (χ3v) is 6.71. The van der Waals surface area contributed by atoms with E-state index in [0.29, 0.717) is 38.5 Å². The number of nitrogens with zero attached hydrogens (tertiary/aromatic N) is 4. The van der Waals surface area contributed by atoms with Gasteiger partial charge in [-0.05, 0) is 42.3 Å². The van der Waals surface area contributed by atoms with Crippen LogP contribution in [0.5, 0.6) is 5.75 Å². The van der Waals surface area contributed by atoms with Gasteiger partial charge in [-0.2, -0.15) is 10.4 Å². The first-order valence-corrected chi connectivity index (χ1v) is 12.9. The van der Waals surface area contributed by atoms with Gasteiger partial charge in [0.25, 0.3) is 5.56 Å². The normalized spacial score (nSPS) is 11.6. The molecule has 1 atom stereocenters. The van der Waals surface area contributed by atoms with Gasteiger partial charge in [0.1, 0.15) is 17.9 Å². The largest absolute Gasteiger partial charge is 0.495 e. The molecule has 0 N–H and O–H groups in total. The maximum atomic E-state index is 13.7. The molecule has 0 radical (unpaired) electrons. The van der Waals surface area contributed by atoms with E-state index < -0.39 is 17.6 Å². The maximum absolute atomic E-state index is 13.7. The highest BCUT2D eigenvalue weighted by Crippen LogP contribution is 2.33. The number of hydrogen-bond acceptors (Lipinski definition) is 8. The molecule has 0 spiro atoms. The van der Waals surface area contributed by atoms with Gasteiger partial charge in [-0.3, -0.25) is 9.59 Å². The molecule has 3 aromatic heterocycles. The summed E-state index contributed by atoms with van der Waals surface area (Å²) in [4.78, 5) is 39.5. The van der Waals surface area contributed by atoms with Crippen LogP contribution < -0.4 is 10.3 Å². The number of halogens is 1. The molecule has 0 saturated carbocycles. The Kier molecular flexibility index (Phi) is 9.34. The average Bonchev–Trinajstić information content (AvgIpc) is 3.40. The minimum Gasteiger partial charge on any atom is -0.495 e. The molecular formula is C30H27ClN4O6. The van der Waals surface area contributed by atoms with Crippen LogP contribution >= 0.6 is 11.6 Å². The summed E-state index contributed by atoms with van der Waals surface area (Å²) in [6.45, 7) is 3.82. The van der Waals surface area contributed by atoms with E-state index >= 15 is 0 Å². The summed E-state index contributed by atoms with van der Waals surface area (Å²) < 4.78 is 18.8. The molecule has 1 unspecified atom stereocenters. The lowest BCUT2D eigenvalue weighted by Gasteiger charge is -2.21. The molecule has 1 aromatic carbocycles. The minimum absolute atomic E-state index is 0.0272. The number of Topliss-reactive ketones (excluding diaryl/α,β-unsaturated/α-hetero) is 1. The van der Waals surface area contributed by atoms with Crippen LogP contribution in [0.1, 0.15) is 33.9 Å². The van der Waals surface area contributed by atoms with Gasteiger partial charge in [0.15, 0.2) is 5.78 Å². The zero-order chi connectivity index (χ0) is 29.5. The number of ether oxygens (including phenoxy) is 3. The second-order valence-corrected chi connectivity index (χ2v) is 9.49. The molecule has 210 valence electrons. The van der Waals surface area contributed by atoms with E-state index in [4.69, 9.17) is 25.8 Å². The van der Waals surface area contributed by atoms with Crippen molar-refractivity contribution in [2.75, 3.05) is 27.4 Å². The Morgan fingerprint density at radius 1 is 1.20 bits per heavy atom. The summed E-state index contributed by atoms with van der Waals surface area (Å²) in [6, 6.07) is 10.7. The first kappa shape index (κ1) is 29.3. The SMILES string of the molecule is C=CCOC(=O)c1cnn2ccc(CC(=O)C(CCOC)n3cc(OC)c(-c4cc(Cl)ccc4C#N)cc3=O)cc12. The molecule has 41 heavy (non-hydrogen) atoms. The van der Waals surface area contributed by atoms with Crippen LogP contribution in [0.2, 0.25) is 5.02 Å². The van der Waals surface area contributed by atoms with Crippen LogP contribution in [0.15, 0.2) is 72.4 Å². The highest BCUT2D eigenvalue weighted by atomic mass is 35.5. The van der Waals surface area contributed by atoms with Gasteiger partial charge in [-0.15, -0.1) is 0 Å². The first-order valence-electron chi connectivity index (χ1n) is 12.6. The monoisotopic (exact) mass is 574 g/mol. The van der Waals surface area contributed by atoms with Crippen LogP contribution in [0.4, 0.5) is 0 Å². The number of nitriles is 1. The van der Waals surface area contributed by atoms with Crippen LogP contribution in [-0.2, 0) is 20.7 Å². The highest BCUT2D eigenvalue weighted by Gasteiger charge is 2.25. The molecule has 4 rings (SSSR count). The molecular weight excluding hydrogens is 548 g/mol. The standard InChI is InChI=1S/C30H27ClN4O6/c1-4-10-41-30(38)24-17-33-35-9-7-19(12-26(24)35)13-27(36)25(8-11-39-2)34-18-28(40-3)23(15-29(34)37)22-14-21(31)6-5-20(22)16-32/h4-7,9,12,14-15,17-18,25H,1,8,10-11,13H2,2-3H3. The Balaban J connectivity index is 1.70. The van der Waals surface area contributed by atoms with E-state index in [1.807, 2.05) is 0 Å². The number of benzene rings is 1. The fraction of sp³-hybridized carbons (Fsp3) is 0.233. The third-order valence-electron chi connectivity index (χ3n) is 6.48. The number of hydrogen-bond donors (Lipinski definition) is 0. The Hall–Kier alpha value is -4.72. The molecule has 0 amide bonds. The summed E-state index contributed by atoms with van der Waals surface area (Å²) >= 11 is 6.17. The summed E-state index contributed by atoms with van der Waals surface area (Å²) in [5.74, 6) is -0.514. The summed E-state index contributed by atoms with van der Waals surface area (Å²) in [5, 5.41) is 14.2. The predicted molar refractivity (Wildman–Crippen MR) is 152 cm³/mol. The highest BCUT2D eigenvalue weighted by molar-refractivity contribution is 6.31. The molecule has 11 heteroatoms. The number of fused-ring (bicyclic) bond motifs is 1. The number of carbonyl (C=O) groups is 2. The predicted octanol–water partition coefficient (Wildman–Crippen LogP) is 4.43. The lowest BCUT2D eigenvalue weighted by atomic mass is 9.99. The molecule has 0 aliphatic carbocycles. The Morgan fingerprint density at radius 3 is 2.71 bits per heavy atom. The van der Waals surface area contributed by atoms with Crippen LogP contribution in [0.25, 0.3) is 16.6 Å². The Bertz CT molecular complexity index is 1720. The Labute approximate surface area is 240 Å². The van der Waals surface area contributed by atoms with Gasteiger partial charge >= 0.3 is 5.97 Å². The number of aromatic nitrogens is 3. The van der Waals surface area contributed by atoms with Gasteiger partial charge < -0.3 is 18.8 Å². The molecule has 0 aliphatic heterocycles. The number of pyridine rings is 2. The van der Waals surface area contributed by atoms with Crippen molar-refractivity contribution in [2.45, 2.75) is 18.9 Å². The number of ketones is 1. The van der Waals surface area contributed by atoms with E-state index in [9.17, 15) is 19.6 Å². The number of rotatable bonds is 12. The zero-order valence-corrected chi connectivity index (χ0v) is 23.3. The van der Waals surface area contributed by atoms with E-state index in [0.717, 1.165) is 0 Å². The molecule has 0 bridgehead atoms. The van der Waals surface area contributed by atoms with Crippen molar-refractivity contribution in [3.63, 3.8) is 0 Å². The van der Waals surface area contributed by atoms with E-state index in [1.165, 1.54) is 47.8 Å². The molecule has 3 heterocycles. The lowest BCUT2D eigenvalue weighted by Crippen LogP contribution is -2.31. The fourth-order valence-electron chi connectivity index (χ4n) is 4.49. The van der Waals surface area contributed by atoms with Crippen LogP contribution in [0, 0.1) is 11.3 Å². The fourth-order valence-corrected chi connectivity index (χ4v) is 4.66. The molecule has 4 aromatic rings. The summed E-state index contributed by atoms with van der Waals surface area (Å²) in [7, 11) is 2.95. The number of esters is 1. The smallest absolute Gasteiger partial charge is 0.342 e. The van der Waals surface area contributed by atoms with Crippen LogP contribution in [-0.4, -0.2) is 53.4 Å². The van der Waals surface area contributed by atoms with Crippen molar-refractivity contribution in [2.24, 2.45) is 0 Å². The van der Waals surface area contributed by atoms with Crippen LogP contribution in [0.3, 0.4) is 0 Å². The molecule has 0 aliphatic rings. The van der Waals surface area contributed by atoms with Gasteiger partial charge in [0.2, 0.25) is 0 Å². The lowest BCUT2D eigenvalue weighted by molar-refractivity contribution is -0.122. The van der Waals surface area contributed by atoms with Crippen molar-refractivity contribution in [1.29, 1.82) is 5.26 Å². The van der Waals surface area contributed by atoms with E-state index in [2.05, 4.69) is 17.7 Å². The van der Waals surface area contributed by atoms with Gasteiger partial charge in [0.05, 0.1) is 42.7 Å². The molecule has 10 nitrogen and oxygen atoms in total. The second kappa shape index (κ2) is 13.1. The van der Waals surface area contributed by atoms with Gasteiger partial charge in [0, 0.05) is 48.6 Å². The number of methoxy groups -OCH3 is 2. The number of carbonyl (C=O) groups excluding carboxylic acids is 2. The average molecular weight is 575 g/mol. The van der Waals surface area contributed by atoms with Crippen molar-refractivity contribution < 1.29 is 23.8 Å². The quantitative estimate of drug-likeness (QED) is 0.180. The van der Waals surface area contributed by atoms with Gasteiger partial charge in [-0.1, -0.05) is 24.3 Å². The third kappa shape index (κ3) is 6.38. The first-order chi connectivity index (χ1) is 19.8. The van der Waals surface area contributed by atoms with E-state index in [1.54, 1.807) is 36.5 Å². The minimum atomic E-state index is -0.877. The van der Waals surface area contributed by atoms with Crippen molar-refractivity contribution in [3.8, 4) is 22.9 Å². The zero-order valence-electron chi connectivity index (χ0n) is 22.5. The molecule has 0 fully saturated rings. The van der Waals surface area contributed by atoms with Crippen molar-refractivity contribution in [1.82, 2.24) is 14.2 Å². The Morgan fingerprint density at radius 2 is 2.00 bits per heavy atom. The van der Waals surface area contributed by atoms with Crippen molar-refractivity contribution in [3.05, 3.63) is 99.7 Å². The molecule has 0 saturated heterocycles. The summed E-state index contributed by atoms with van der Waals surface area (Å²) in [5.41, 5.74) is 2.04. The topological polar surface area (TPSA) is 125 Å². The van der Waals surface area contributed by atoms with E-state index in [-0.39, 0.29) is 37.4 Å².